The van der Waals surface area contributed by atoms with Crippen molar-refractivity contribution in [3.8, 4) is 0 Å². The highest BCUT2D eigenvalue weighted by Crippen LogP contribution is 2.33. The van der Waals surface area contributed by atoms with Crippen molar-refractivity contribution < 1.29 is 14.8 Å². The van der Waals surface area contributed by atoms with Gasteiger partial charge in [0.15, 0.2) is 0 Å². The number of carboxylic acids is 1. The number of aromatic amines is 1. The first kappa shape index (κ1) is 18.2. The molecule has 4 aromatic rings. The number of H-pyrrole nitrogens is 1. The van der Waals surface area contributed by atoms with Crippen LogP contribution in [0.3, 0.4) is 0 Å². The van der Waals surface area contributed by atoms with Gasteiger partial charge < -0.3 is 14.7 Å². The lowest BCUT2D eigenvalue weighted by molar-refractivity contribution is -0.384. The van der Waals surface area contributed by atoms with E-state index in [9.17, 15) is 20.0 Å². The zero-order chi connectivity index (χ0) is 20.0. The van der Waals surface area contributed by atoms with Crippen LogP contribution in [0.15, 0.2) is 47.2 Å². The number of hydrogen-bond donors (Lipinski definition) is 2. The number of nitro groups is 1. The standard InChI is InChI=1S/C20H16BrN3O4/c1-23-10-12(20-15(8-19(25)26)16(21)4-5-18(20)23)6-11-9-22-17-7-13(24(27)28)2-3-14(11)17/h2-5,7,9-10,22H,6,8H2,1H3,(H,25,26). The molecule has 0 unspecified atom stereocenters. The second-order valence-electron chi connectivity index (χ2n) is 6.73. The first-order valence-electron chi connectivity index (χ1n) is 8.56. The Bertz CT molecular complexity index is 1260. The topological polar surface area (TPSA) is 101 Å². The number of carboxylic acid groups (broad SMARTS) is 1. The SMILES string of the molecule is Cn1cc(Cc2c[nH]c3cc([N+](=O)[O-])ccc23)c2c(CC(=O)O)c(Br)ccc21. The number of nitro benzene ring substituents is 1. The summed E-state index contributed by atoms with van der Waals surface area (Å²) in [5, 5.41) is 22.2. The lowest BCUT2D eigenvalue weighted by Crippen LogP contribution is -2.02. The van der Waals surface area contributed by atoms with Crippen LogP contribution in [-0.4, -0.2) is 25.6 Å². The number of aliphatic carboxylic acids is 1. The maximum absolute atomic E-state index is 11.4. The molecule has 4 rings (SSSR count). The fourth-order valence-corrected chi connectivity index (χ4v) is 4.20. The molecule has 0 spiro atoms. The zero-order valence-electron chi connectivity index (χ0n) is 14.9. The van der Waals surface area contributed by atoms with Gasteiger partial charge in [0.05, 0.1) is 16.9 Å². The number of non-ortho nitro benzene ring substituents is 1. The third kappa shape index (κ3) is 3.05. The van der Waals surface area contributed by atoms with Crippen LogP contribution in [0, 0.1) is 10.1 Å². The van der Waals surface area contributed by atoms with Gasteiger partial charge in [-0.3, -0.25) is 14.9 Å². The van der Waals surface area contributed by atoms with Crippen LogP contribution in [0.1, 0.15) is 16.7 Å². The molecule has 2 aromatic carbocycles. The van der Waals surface area contributed by atoms with Gasteiger partial charge in [0.1, 0.15) is 0 Å². The van der Waals surface area contributed by atoms with Crippen LogP contribution in [0.5, 0.6) is 0 Å². The molecule has 7 nitrogen and oxygen atoms in total. The number of rotatable bonds is 5. The molecule has 0 atom stereocenters. The summed E-state index contributed by atoms with van der Waals surface area (Å²) in [5.74, 6) is -0.887. The zero-order valence-corrected chi connectivity index (χ0v) is 16.5. The highest BCUT2D eigenvalue weighted by molar-refractivity contribution is 9.10. The predicted molar refractivity (Wildman–Crippen MR) is 110 cm³/mol. The smallest absolute Gasteiger partial charge is 0.307 e. The van der Waals surface area contributed by atoms with Crippen LogP contribution < -0.4 is 0 Å². The Hall–Kier alpha value is -3.13. The van der Waals surface area contributed by atoms with E-state index in [2.05, 4.69) is 20.9 Å². The van der Waals surface area contributed by atoms with E-state index in [1.165, 1.54) is 12.1 Å². The van der Waals surface area contributed by atoms with Crippen LogP contribution in [0.2, 0.25) is 0 Å². The molecule has 0 aliphatic carbocycles. The van der Waals surface area contributed by atoms with Gasteiger partial charge in [0.25, 0.3) is 5.69 Å². The van der Waals surface area contributed by atoms with Crippen molar-refractivity contribution in [2.24, 2.45) is 7.05 Å². The molecule has 0 fully saturated rings. The van der Waals surface area contributed by atoms with Gasteiger partial charge in [-0.2, -0.15) is 0 Å². The number of benzene rings is 2. The third-order valence-corrected chi connectivity index (χ3v) is 5.70. The first-order valence-corrected chi connectivity index (χ1v) is 9.36. The van der Waals surface area contributed by atoms with Gasteiger partial charge in [-0.25, -0.2) is 0 Å². The summed E-state index contributed by atoms with van der Waals surface area (Å²) >= 11 is 3.49. The quantitative estimate of drug-likeness (QED) is 0.350. The van der Waals surface area contributed by atoms with Crippen LogP contribution >= 0.6 is 15.9 Å². The Morgan fingerprint density at radius 2 is 2.07 bits per heavy atom. The van der Waals surface area contributed by atoms with E-state index in [1.807, 2.05) is 36.1 Å². The minimum atomic E-state index is -0.887. The second kappa shape index (κ2) is 6.79. The average Bonchev–Trinajstić information content (AvgIpc) is 3.18. The van der Waals surface area contributed by atoms with E-state index in [1.54, 1.807) is 6.07 Å². The number of fused-ring (bicyclic) bond motifs is 2. The van der Waals surface area contributed by atoms with Gasteiger partial charge in [-0.15, -0.1) is 0 Å². The summed E-state index contributed by atoms with van der Waals surface area (Å²) in [6.07, 6.45) is 4.36. The molecule has 0 saturated heterocycles. The predicted octanol–water partition coefficient (Wildman–Crippen LogP) is 4.55. The molecule has 2 aromatic heterocycles. The Balaban J connectivity index is 1.84. The van der Waals surface area contributed by atoms with Crippen molar-refractivity contribution in [2.45, 2.75) is 12.8 Å². The summed E-state index contributed by atoms with van der Waals surface area (Å²) in [7, 11) is 1.93. The second-order valence-corrected chi connectivity index (χ2v) is 7.59. The van der Waals surface area contributed by atoms with Crippen molar-refractivity contribution in [3.63, 3.8) is 0 Å². The van der Waals surface area contributed by atoms with Crippen molar-refractivity contribution in [1.29, 1.82) is 0 Å². The molecule has 2 heterocycles. The Morgan fingerprint density at radius 1 is 1.29 bits per heavy atom. The molecule has 0 aliphatic rings. The molecule has 2 N–H and O–H groups in total. The normalized spacial score (nSPS) is 11.4. The number of aromatic nitrogens is 2. The summed E-state index contributed by atoms with van der Waals surface area (Å²) in [6.45, 7) is 0. The number of nitrogens with one attached hydrogen (secondary N) is 1. The Labute approximate surface area is 167 Å². The molecule has 0 bridgehead atoms. The molecule has 0 amide bonds. The first-order chi connectivity index (χ1) is 13.3. The number of nitrogens with zero attached hydrogens (tertiary/aromatic N) is 2. The minimum Gasteiger partial charge on any atom is -0.481 e. The summed E-state index contributed by atoms with van der Waals surface area (Å²) in [5.41, 5.74) is 4.46. The number of hydrogen-bond acceptors (Lipinski definition) is 3. The maximum Gasteiger partial charge on any atom is 0.307 e. The molecule has 28 heavy (non-hydrogen) atoms. The molecule has 0 saturated carbocycles. The fraction of sp³-hybridized carbons (Fsp3) is 0.150. The van der Waals surface area contributed by atoms with Gasteiger partial charge in [-0.05, 0) is 34.9 Å². The van der Waals surface area contributed by atoms with Gasteiger partial charge in [-0.1, -0.05) is 15.9 Å². The molecular formula is C20H16BrN3O4. The van der Waals surface area contributed by atoms with Gasteiger partial charge >= 0.3 is 5.97 Å². The average molecular weight is 442 g/mol. The maximum atomic E-state index is 11.4. The summed E-state index contributed by atoms with van der Waals surface area (Å²) < 4.78 is 2.76. The highest BCUT2D eigenvalue weighted by atomic mass is 79.9. The van der Waals surface area contributed by atoms with Crippen molar-refractivity contribution >= 4 is 49.4 Å². The number of carbonyl (C=O) groups is 1. The van der Waals surface area contributed by atoms with Crippen LogP contribution in [0.4, 0.5) is 5.69 Å². The Kier molecular flexibility index (Phi) is 4.43. The molecule has 0 radical (unpaired) electrons. The molecule has 8 heteroatoms. The third-order valence-electron chi connectivity index (χ3n) is 4.96. The largest absolute Gasteiger partial charge is 0.481 e. The lowest BCUT2D eigenvalue weighted by Gasteiger charge is -2.07. The summed E-state index contributed by atoms with van der Waals surface area (Å²) in [6, 6.07) is 8.60. The highest BCUT2D eigenvalue weighted by Gasteiger charge is 2.18. The van der Waals surface area contributed by atoms with Gasteiger partial charge in [0.2, 0.25) is 0 Å². The van der Waals surface area contributed by atoms with E-state index in [4.69, 9.17) is 0 Å². The van der Waals surface area contributed by atoms with Crippen molar-refractivity contribution in [1.82, 2.24) is 9.55 Å². The minimum absolute atomic E-state index is 0.0405. The Morgan fingerprint density at radius 3 is 2.79 bits per heavy atom. The number of halogens is 1. The van der Waals surface area contributed by atoms with E-state index in [0.29, 0.717) is 11.9 Å². The van der Waals surface area contributed by atoms with Gasteiger partial charge in [0, 0.05) is 58.8 Å². The van der Waals surface area contributed by atoms with Crippen molar-refractivity contribution in [2.75, 3.05) is 0 Å². The van der Waals surface area contributed by atoms with Crippen LogP contribution in [0.25, 0.3) is 21.8 Å². The lowest BCUT2D eigenvalue weighted by atomic mass is 9.99. The molecule has 0 aliphatic heterocycles. The van der Waals surface area contributed by atoms with E-state index in [-0.39, 0.29) is 12.1 Å². The molecule has 142 valence electrons. The van der Waals surface area contributed by atoms with Crippen LogP contribution in [-0.2, 0) is 24.7 Å². The number of aryl methyl sites for hydroxylation is 1. The van der Waals surface area contributed by atoms with E-state index < -0.39 is 10.9 Å². The van der Waals surface area contributed by atoms with Crippen molar-refractivity contribution in [3.05, 3.63) is 74.0 Å². The monoisotopic (exact) mass is 441 g/mol. The van der Waals surface area contributed by atoms with E-state index >= 15 is 0 Å². The summed E-state index contributed by atoms with van der Waals surface area (Å²) in [4.78, 5) is 25.0. The fourth-order valence-electron chi connectivity index (χ4n) is 3.73. The van der Waals surface area contributed by atoms with E-state index in [0.717, 1.165) is 37.5 Å². The molecular weight excluding hydrogens is 426 g/mol.